The zero-order valence-electron chi connectivity index (χ0n) is 16.1. The van der Waals surface area contributed by atoms with E-state index >= 15 is 0 Å². The van der Waals surface area contributed by atoms with E-state index in [1.165, 1.54) is 6.42 Å². The van der Waals surface area contributed by atoms with E-state index < -0.39 is 0 Å². The summed E-state index contributed by atoms with van der Waals surface area (Å²) in [5.74, 6) is 1.89. The molecule has 1 aliphatic rings. The number of aromatic nitrogens is 4. The van der Waals surface area contributed by atoms with Crippen molar-refractivity contribution in [3.8, 4) is 23.2 Å². The highest BCUT2D eigenvalue weighted by Crippen LogP contribution is 2.30. The van der Waals surface area contributed by atoms with Crippen LogP contribution in [0, 0.1) is 11.3 Å². The van der Waals surface area contributed by atoms with Gasteiger partial charge < -0.3 is 15.0 Å². The largest absolute Gasteiger partial charge is 0.496 e. The number of ether oxygens (including phenoxy) is 1. The second-order valence-corrected chi connectivity index (χ2v) is 6.90. The molecule has 3 heterocycles. The summed E-state index contributed by atoms with van der Waals surface area (Å²) < 4.78 is 7.37. The van der Waals surface area contributed by atoms with Crippen LogP contribution < -0.4 is 10.1 Å². The van der Waals surface area contributed by atoms with Crippen LogP contribution in [0.25, 0.3) is 17.0 Å². The van der Waals surface area contributed by atoms with Gasteiger partial charge in [0.05, 0.1) is 24.3 Å². The average Bonchev–Trinajstić information content (AvgIpc) is 3.24. The number of hydrogen-bond acceptors (Lipinski definition) is 7. The molecule has 1 aromatic carbocycles. The number of nitriles is 1. The van der Waals surface area contributed by atoms with Crippen molar-refractivity contribution in [1.82, 2.24) is 24.5 Å². The molecule has 1 atom stereocenters. The number of likely N-dealkylation sites (N-methyl/N-ethyl adjacent to an activating group) is 1. The fourth-order valence-corrected chi connectivity index (χ4v) is 3.72. The third kappa shape index (κ3) is 3.37. The lowest BCUT2D eigenvalue weighted by atomic mass is 10.1. The monoisotopic (exact) mass is 377 g/mol. The number of nitrogens with one attached hydrogen (secondary N) is 1. The average molecular weight is 377 g/mol. The fraction of sp³-hybridized carbons (Fsp3) is 0.400. The van der Waals surface area contributed by atoms with Crippen molar-refractivity contribution in [3.05, 3.63) is 36.2 Å². The minimum Gasteiger partial charge on any atom is -0.496 e. The fourth-order valence-electron chi connectivity index (χ4n) is 3.72. The lowest BCUT2D eigenvalue weighted by Crippen LogP contribution is -2.42. The minimum absolute atomic E-state index is 0.332. The van der Waals surface area contributed by atoms with Crippen LogP contribution in [-0.2, 0) is 0 Å². The maximum absolute atomic E-state index is 9.13. The first-order valence-corrected chi connectivity index (χ1v) is 9.50. The van der Waals surface area contributed by atoms with Crippen LogP contribution in [0.2, 0.25) is 0 Å². The third-order valence-electron chi connectivity index (χ3n) is 5.19. The van der Waals surface area contributed by atoms with Crippen LogP contribution in [0.1, 0.15) is 25.3 Å². The topological polar surface area (TPSA) is 91.4 Å². The SMILES string of the molecule is CCN1CCC[C@@H](Nc2nnc(-c3ccc(C#N)cc3OC)n3ccnc23)C1. The quantitative estimate of drug-likeness (QED) is 0.730. The molecule has 8 heteroatoms. The summed E-state index contributed by atoms with van der Waals surface area (Å²) in [6, 6.07) is 7.73. The van der Waals surface area contributed by atoms with Crippen molar-refractivity contribution in [2.75, 3.05) is 32.1 Å². The zero-order valence-corrected chi connectivity index (χ0v) is 16.1. The first-order chi connectivity index (χ1) is 13.7. The number of anilines is 1. The molecular weight excluding hydrogens is 354 g/mol. The van der Waals surface area contributed by atoms with Crippen LogP contribution in [-0.4, -0.2) is 57.3 Å². The van der Waals surface area contributed by atoms with E-state index in [0.29, 0.717) is 29.0 Å². The van der Waals surface area contributed by atoms with Crippen molar-refractivity contribution >= 4 is 11.5 Å². The molecule has 1 aliphatic heterocycles. The minimum atomic E-state index is 0.332. The van der Waals surface area contributed by atoms with Crippen LogP contribution in [0.15, 0.2) is 30.6 Å². The second kappa shape index (κ2) is 7.82. The Kier molecular flexibility index (Phi) is 5.08. The molecule has 0 spiro atoms. The standard InChI is InChI=1S/C20H23N7O/c1-3-26-9-4-5-15(13-26)23-18-20-22-8-10-27(20)19(25-24-18)16-7-6-14(12-21)11-17(16)28-2/h6-8,10-11,15H,3-5,9,13H2,1-2H3,(H,23,24)/t15-/m1/s1. The van der Waals surface area contributed by atoms with Gasteiger partial charge in [0.2, 0.25) is 0 Å². The highest BCUT2D eigenvalue weighted by molar-refractivity contribution is 5.71. The van der Waals surface area contributed by atoms with Gasteiger partial charge in [0.1, 0.15) is 5.75 Å². The molecule has 0 aliphatic carbocycles. The molecule has 0 unspecified atom stereocenters. The highest BCUT2D eigenvalue weighted by Gasteiger charge is 2.21. The summed E-state index contributed by atoms with van der Waals surface area (Å²) in [5.41, 5.74) is 2.02. The predicted molar refractivity (Wildman–Crippen MR) is 106 cm³/mol. The Morgan fingerprint density at radius 3 is 3.04 bits per heavy atom. The summed E-state index contributed by atoms with van der Waals surface area (Å²) in [6.07, 6.45) is 5.88. The van der Waals surface area contributed by atoms with Gasteiger partial charge in [-0.05, 0) is 44.1 Å². The molecule has 0 bridgehead atoms. The summed E-state index contributed by atoms with van der Waals surface area (Å²) in [6.45, 7) is 5.39. The Morgan fingerprint density at radius 1 is 1.36 bits per heavy atom. The number of fused-ring (bicyclic) bond motifs is 1. The van der Waals surface area contributed by atoms with E-state index in [1.807, 2.05) is 16.7 Å². The normalized spacial score (nSPS) is 17.4. The van der Waals surface area contributed by atoms with Gasteiger partial charge in [0.15, 0.2) is 17.3 Å². The summed E-state index contributed by atoms with van der Waals surface area (Å²) in [5, 5.41) is 21.5. The molecular formula is C20H23N7O. The van der Waals surface area contributed by atoms with Gasteiger partial charge in [-0.2, -0.15) is 5.26 Å². The Hall–Kier alpha value is -3.18. The molecule has 1 saturated heterocycles. The number of imidazole rings is 1. The number of hydrogen-bond donors (Lipinski definition) is 1. The van der Waals surface area contributed by atoms with Crippen LogP contribution >= 0.6 is 0 Å². The van der Waals surface area contributed by atoms with E-state index in [9.17, 15) is 0 Å². The molecule has 2 aromatic heterocycles. The van der Waals surface area contributed by atoms with Crippen molar-refractivity contribution < 1.29 is 4.74 Å². The highest BCUT2D eigenvalue weighted by atomic mass is 16.5. The van der Waals surface area contributed by atoms with Crippen LogP contribution in [0.3, 0.4) is 0 Å². The Balaban J connectivity index is 1.70. The van der Waals surface area contributed by atoms with Gasteiger partial charge in [-0.25, -0.2) is 4.98 Å². The molecule has 28 heavy (non-hydrogen) atoms. The van der Waals surface area contributed by atoms with Gasteiger partial charge in [0.25, 0.3) is 0 Å². The molecule has 8 nitrogen and oxygen atoms in total. The Labute approximate surface area is 163 Å². The van der Waals surface area contributed by atoms with Crippen molar-refractivity contribution in [3.63, 3.8) is 0 Å². The number of rotatable bonds is 5. The van der Waals surface area contributed by atoms with Crippen molar-refractivity contribution in [1.29, 1.82) is 5.26 Å². The number of likely N-dealkylation sites (tertiary alicyclic amines) is 1. The number of nitrogens with zero attached hydrogens (tertiary/aromatic N) is 6. The summed E-state index contributed by atoms with van der Waals surface area (Å²) in [7, 11) is 1.58. The van der Waals surface area contributed by atoms with E-state index in [4.69, 9.17) is 10.00 Å². The molecule has 0 radical (unpaired) electrons. The van der Waals surface area contributed by atoms with Gasteiger partial charge in [0, 0.05) is 25.0 Å². The van der Waals surface area contributed by atoms with E-state index in [2.05, 4.69) is 38.4 Å². The Bertz CT molecular complexity index is 1020. The van der Waals surface area contributed by atoms with Crippen LogP contribution in [0.4, 0.5) is 5.82 Å². The second-order valence-electron chi connectivity index (χ2n) is 6.90. The molecule has 0 saturated carbocycles. The maximum Gasteiger partial charge on any atom is 0.192 e. The molecule has 144 valence electrons. The first-order valence-electron chi connectivity index (χ1n) is 9.50. The van der Waals surface area contributed by atoms with Gasteiger partial charge >= 0.3 is 0 Å². The molecule has 0 amide bonds. The van der Waals surface area contributed by atoms with Crippen molar-refractivity contribution in [2.24, 2.45) is 0 Å². The summed E-state index contributed by atoms with van der Waals surface area (Å²) in [4.78, 5) is 6.93. The molecule has 4 rings (SSSR count). The predicted octanol–water partition coefficient (Wildman–Crippen LogP) is 2.57. The number of piperidine rings is 1. The molecule has 1 fully saturated rings. The smallest absolute Gasteiger partial charge is 0.192 e. The lowest BCUT2D eigenvalue weighted by Gasteiger charge is -2.32. The summed E-state index contributed by atoms with van der Waals surface area (Å²) >= 11 is 0. The third-order valence-corrected chi connectivity index (χ3v) is 5.19. The zero-order chi connectivity index (χ0) is 19.5. The lowest BCUT2D eigenvalue weighted by molar-refractivity contribution is 0.226. The van der Waals surface area contributed by atoms with Crippen LogP contribution in [0.5, 0.6) is 5.75 Å². The number of methoxy groups -OCH3 is 1. The van der Waals surface area contributed by atoms with Gasteiger partial charge in [-0.3, -0.25) is 4.40 Å². The molecule has 3 aromatic rings. The van der Waals surface area contributed by atoms with Gasteiger partial charge in [-0.15, -0.1) is 10.2 Å². The van der Waals surface area contributed by atoms with Gasteiger partial charge in [-0.1, -0.05) is 6.92 Å². The maximum atomic E-state index is 9.13. The van der Waals surface area contributed by atoms with Crippen molar-refractivity contribution in [2.45, 2.75) is 25.8 Å². The Morgan fingerprint density at radius 2 is 2.25 bits per heavy atom. The van der Waals surface area contributed by atoms with E-state index in [0.717, 1.165) is 37.3 Å². The number of benzene rings is 1. The van der Waals surface area contributed by atoms with E-state index in [-0.39, 0.29) is 0 Å². The molecule has 1 N–H and O–H groups in total. The van der Waals surface area contributed by atoms with E-state index in [1.54, 1.807) is 25.4 Å². The first kappa shape index (κ1) is 18.2.